The van der Waals surface area contributed by atoms with Crippen LogP contribution in [0, 0.1) is 0 Å². The highest BCUT2D eigenvalue weighted by Crippen LogP contribution is 2.37. The van der Waals surface area contributed by atoms with Crippen molar-refractivity contribution < 1.29 is 19.0 Å². The second kappa shape index (κ2) is 11.6. The van der Waals surface area contributed by atoms with Gasteiger partial charge >= 0.3 is 5.97 Å². The molecule has 1 heterocycles. The first-order valence-corrected chi connectivity index (χ1v) is 11.5. The standard InChI is InChI=1S/C26H34O4/c1-3-5-7-8-9-10-18-28-22-15-12-20(13-16-22)21-14-17-23-25(19-21)30-26(27)24(29-23)11-6-4-2/h12-17,19,24H,3-11,18H2,1-2H3/t24-/m0/s1. The quantitative estimate of drug-likeness (QED) is 0.216. The first kappa shape index (κ1) is 22.2. The van der Waals surface area contributed by atoms with Crippen molar-refractivity contribution in [1.82, 2.24) is 0 Å². The Morgan fingerprint density at radius 1 is 0.800 bits per heavy atom. The zero-order chi connectivity index (χ0) is 21.2. The number of ether oxygens (including phenoxy) is 3. The predicted molar refractivity (Wildman–Crippen MR) is 120 cm³/mol. The van der Waals surface area contributed by atoms with Crippen molar-refractivity contribution in [3.05, 3.63) is 42.5 Å². The molecule has 2 aromatic carbocycles. The van der Waals surface area contributed by atoms with E-state index < -0.39 is 6.10 Å². The predicted octanol–water partition coefficient (Wildman–Crippen LogP) is 6.95. The van der Waals surface area contributed by atoms with E-state index in [4.69, 9.17) is 14.2 Å². The SMILES string of the molecule is CCCCCCCCOc1ccc(-c2ccc3c(c2)OC(=O)[C@H](CCCC)O3)cc1. The highest BCUT2D eigenvalue weighted by molar-refractivity contribution is 5.81. The summed E-state index contributed by atoms with van der Waals surface area (Å²) in [5.41, 5.74) is 2.04. The van der Waals surface area contributed by atoms with Gasteiger partial charge in [0.25, 0.3) is 0 Å². The maximum absolute atomic E-state index is 12.2. The fourth-order valence-corrected chi connectivity index (χ4v) is 3.62. The van der Waals surface area contributed by atoms with Gasteiger partial charge in [-0.2, -0.15) is 0 Å². The molecule has 0 aliphatic carbocycles. The molecule has 3 rings (SSSR count). The lowest BCUT2D eigenvalue weighted by Crippen LogP contribution is -2.35. The molecule has 1 atom stereocenters. The van der Waals surface area contributed by atoms with Crippen LogP contribution < -0.4 is 14.2 Å². The van der Waals surface area contributed by atoms with E-state index in [-0.39, 0.29) is 5.97 Å². The monoisotopic (exact) mass is 410 g/mol. The number of unbranched alkanes of at least 4 members (excludes halogenated alkanes) is 6. The zero-order valence-electron chi connectivity index (χ0n) is 18.3. The molecule has 30 heavy (non-hydrogen) atoms. The normalized spacial score (nSPS) is 15.3. The smallest absolute Gasteiger partial charge is 0.352 e. The van der Waals surface area contributed by atoms with Crippen LogP contribution in [0.4, 0.5) is 0 Å². The van der Waals surface area contributed by atoms with E-state index in [1.807, 2.05) is 42.5 Å². The Morgan fingerprint density at radius 3 is 2.27 bits per heavy atom. The van der Waals surface area contributed by atoms with E-state index in [0.29, 0.717) is 17.9 Å². The molecule has 1 aliphatic heterocycles. The van der Waals surface area contributed by atoms with Gasteiger partial charge in [0, 0.05) is 0 Å². The Bertz CT molecular complexity index is 797. The Morgan fingerprint density at radius 2 is 1.50 bits per heavy atom. The fourth-order valence-electron chi connectivity index (χ4n) is 3.62. The molecule has 0 bridgehead atoms. The van der Waals surface area contributed by atoms with Crippen LogP contribution in [0.2, 0.25) is 0 Å². The minimum absolute atomic E-state index is 0.299. The molecule has 4 heteroatoms. The largest absolute Gasteiger partial charge is 0.494 e. The summed E-state index contributed by atoms with van der Waals surface area (Å²) >= 11 is 0. The summed E-state index contributed by atoms with van der Waals surface area (Å²) in [6.45, 7) is 5.09. The third-order valence-electron chi connectivity index (χ3n) is 5.46. The number of carbonyl (C=O) groups excluding carboxylic acids is 1. The van der Waals surface area contributed by atoms with Crippen LogP contribution in [0.5, 0.6) is 17.2 Å². The minimum Gasteiger partial charge on any atom is -0.494 e. The molecular formula is C26H34O4. The van der Waals surface area contributed by atoms with Crippen LogP contribution in [-0.2, 0) is 4.79 Å². The highest BCUT2D eigenvalue weighted by atomic mass is 16.6. The van der Waals surface area contributed by atoms with Gasteiger partial charge in [-0.1, -0.05) is 70.6 Å². The maximum Gasteiger partial charge on any atom is 0.352 e. The van der Waals surface area contributed by atoms with Crippen molar-refractivity contribution >= 4 is 5.97 Å². The lowest BCUT2D eigenvalue weighted by Gasteiger charge is -2.25. The van der Waals surface area contributed by atoms with Crippen molar-refractivity contribution in [2.75, 3.05) is 6.61 Å². The molecule has 0 N–H and O–H groups in total. The van der Waals surface area contributed by atoms with Crippen molar-refractivity contribution in [3.63, 3.8) is 0 Å². The molecule has 0 unspecified atom stereocenters. The molecule has 4 nitrogen and oxygen atoms in total. The van der Waals surface area contributed by atoms with Gasteiger partial charge < -0.3 is 14.2 Å². The third-order valence-corrected chi connectivity index (χ3v) is 5.46. The highest BCUT2D eigenvalue weighted by Gasteiger charge is 2.29. The third kappa shape index (κ3) is 6.25. The van der Waals surface area contributed by atoms with Gasteiger partial charge in [0.2, 0.25) is 0 Å². The van der Waals surface area contributed by atoms with E-state index >= 15 is 0 Å². The van der Waals surface area contributed by atoms with Gasteiger partial charge in [0.05, 0.1) is 6.61 Å². The van der Waals surface area contributed by atoms with E-state index in [0.717, 1.165) is 42.7 Å². The Labute approximate surface area is 180 Å². The molecular weight excluding hydrogens is 376 g/mol. The number of benzene rings is 2. The average Bonchev–Trinajstić information content (AvgIpc) is 2.77. The fraction of sp³-hybridized carbons (Fsp3) is 0.500. The summed E-state index contributed by atoms with van der Waals surface area (Å²) in [4.78, 5) is 12.2. The second-order valence-electron chi connectivity index (χ2n) is 7.97. The molecule has 0 radical (unpaired) electrons. The van der Waals surface area contributed by atoms with Crippen LogP contribution in [0.1, 0.15) is 71.6 Å². The van der Waals surface area contributed by atoms with Crippen LogP contribution in [-0.4, -0.2) is 18.7 Å². The summed E-state index contributed by atoms with van der Waals surface area (Å²) in [5, 5.41) is 0. The van der Waals surface area contributed by atoms with Crippen molar-refractivity contribution in [2.24, 2.45) is 0 Å². The Balaban J connectivity index is 1.53. The number of hydrogen-bond donors (Lipinski definition) is 0. The molecule has 0 saturated carbocycles. The summed E-state index contributed by atoms with van der Waals surface area (Å²) in [5.74, 6) is 1.72. The molecule has 2 aromatic rings. The number of esters is 1. The topological polar surface area (TPSA) is 44.8 Å². The molecule has 1 aliphatic rings. The Kier molecular flexibility index (Phi) is 8.61. The molecule has 162 valence electrons. The number of carbonyl (C=O) groups is 1. The Hall–Kier alpha value is -2.49. The summed E-state index contributed by atoms with van der Waals surface area (Å²) in [6, 6.07) is 13.8. The molecule has 0 aromatic heterocycles. The van der Waals surface area contributed by atoms with Crippen LogP contribution in [0.3, 0.4) is 0 Å². The van der Waals surface area contributed by atoms with Gasteiger partial charge in [0.15, 0.2) is 17.6 Å². The van der Waals surface area contributed by atoms with Crippen LogP contribution >= 0.6 is 0 Å². The number of fused-ring (bicyclic) bond motifs is 1. The zero-order valence-corrected chi connectivity index (χ0v) is 18.3. The van der Waals surface area contributed by atoms with Crippen molar-refractivity contribution in [1.29, 1.82) is 0 Å². The summed E-state index contributed by atoms with van der Waals surface area (Å²) in [7, 11) is 0. The van der Waals surface area contributed by atoms with E-state index in [1.165, 1.54) is 32.1 Å². The molecule has 0 saturated heterocycles. The molecule has 0 fully saturated rings. The van der Waals surface area contributed by atoms with E-state index in [1.54, 1.807) is 0 Å². The first-order chi connectivity index (χ1) is 14.7. The van der Waals surface area contributed by atoms with Gasteiger partial charge in [-0.25, -0.2) is 4.79 Å². The lowest BCUT2D eigenvalue weighted by atomic mass is 10.0. The van der Waals surface area contributed by atoms with Gasteiger partial charge in [0.1, 0.15) is 5.75 Å². The minimum atomic E-state index is -0.494. The number of rotatable bonds is 12. The van der Waals surface area contributed by atoms with Gasteiger partial charge in [-0.05, 0) is 54.7 Å². The summed E-state index contributed by atoms with van der Waals surface area (Å²) in [6.07, 6.45) is 9.72. The first-order valence-electron chi connectivity index (χ1n) is 11.5. The average molecular weight is 411 g/mol. The van der Waals surface area contributed by atoms with E-state index in [2.05, 4.69) is 13.8 Å². The van der Waals surface area contributed by atoms with Gasteiger partial charge in [-0.15, -0.1) is 0 Å². The van der Waals surface area contributed by atoms with Crippen molar-refractivity contribution in [2.45, 2.75) is 77.7 Å². The summed E-state index contributed by atoms with van der Waals surface area (Å²) < 4.78 is 17.2. The maximum atomic E-state index is 12.2. The van der Waals surface area contributed by atoms with E-state index in [9.17, 15) is 4.79 Å². The van der Waals surface area contributed by atoms with Crippen molar-refractivity contribution in [3.8, 4) is 28.4 Å². The number of hydrogen-bond acceptors (Lipinski definition) is 4. The second-order valence-corrected chi connectivity index (χ2v) is 7.97. The van der Waals surface area contributed by atoms with Crippen LogP contribution in [0.25, 0.3) is 11.1 Å². The van der Waals surface area contributed by atoms with Crippen LogP contribution in [0.15, 0.2) is 42.5 Å². The molecule has 0 spiro atoms. The van der Waals surface area contributed by atoms with Gasteiger partial charge in [-0.3, -0.25) is 0 Å². The lowest BCUT2D eigenvalue weighted by molar-refractivity contribution is -0.145. The molecule has 0 amide bonds.